The van der Waals surface area contributed by atoms with Gasteiger partial charge in [0.05, 0.1) is 12.6 Å². The number of aryl methyl sites for hydroxylation is 1. The third kappa shape index (κ3) is 7.34. The van der Waals surface area contributed by atoms with E-state index in [1.165, 1.54) is 18.2 Å². The summed E-state index contributed by atoms with van der Waals surface area (Å²) in [7, 11) is 3.58. The summed E-state index contributed by atoms with van der Waals surface area (Å²) in [6, 6.07) is 5.32. The molecule has 0 aliphatic carbocycles. The molecule has 1 unspecified atom stereocenters. The van der Waals surface area contributed by atoms with Crippen molar-refractivity contribution in [3.63, 3.8) is 0 Å². The molecular weight excluding hydrogens is 477 g/mol. The lowest BCUT2D eigenvalue weighted by Gasteiger charge is -2.24. The van der Waals surface area contributed by atoms with E-state index in [1.807, 2.05) is 23.9 Å². The van der Waals surface area contributed by atoms with Crippen LogP contribution in [0.25, 0.3) is 0 Å². The van der Waals surface area contributed by atoms with E-state index in [9.17, 15) is 8.78 Å². The number of nitrogens with zero attached hydrogens (tertiary/aromatic N) is 4. The molecule has 156 valence electrons. The average Bonchev–Trinajstić information content (AvgIpc) is 3.14. The van der Waals surface area contributed by atoms with Crippen molar-refractivity contribution < 1.29 is 8.78 Å². The lowest BCUT2D eigenvalue weighted by molar-refractivity contribution is 0.290. The van der Waals surface area contributed by atoms with E-state index < -0.39 is 17.7 Å². The van der Waals surface area contributed by atoms with Crippen LogP contribution in [-0.2, 0) is 6.54 Å². The fourth-order valence-corrected chi connectivity index (χ4v) is 2.74. The summed E-state index contributed by atoms with van der Waals surface area (Å²) in [6.45, 7) is 4.43. The van der Waals surface area contributed by atoms with Crippen molar-refractivity contribution in [2.45, 2.75) is 25.9 Å². The van der Waals surface area contributed by atoms with Crippen LogP contribution in [0.3, 0.4) is 0 Å². The highest BCUT2D eigenvalue weighted by Crippen LogP contribution is 2.24. The van der Waals surface area contributed by atoms with Crippen molar-refractivity contribution in [2.75, 3.05) is 33.7 Å². The molecule has 0 amide bonds. The smallest absolute Gasteiger partial charge is 0.191 e. The quantitative estimate of drug-likeness (QED) is 0.238. The molecule has 0 spiro atoms. The number of likely N-dealkylation sites (N-methyl/N-ethyl adjacent to an activating group) is 1. The Balaban J connectivity index is 0.00000392. The predicted octanol–water partition coefficient (Wildman–Crippen LogP) is 3.03. The van der Waals surface area contributed by atoms with Crippen LogP contribution in [0.1, 0.15) is 24.9 Å². The molecule has 0 aliphatic rings. The molecule has 2 N–H and O–H groups in total. The summed E-state index contributed by atoms with van der Waals surface area (Å²) in [4.78, 5) is 6.30. The Bertz CT molecular complexity index is 701. The van der Waals surface area contributed by atoms with E-state index in [0.29, 0.717) is 19.0 Å². The number of rotatable bonds is 9. The molecule has 1 aromatic heterocycles. The molecular formula is C19H29F2IN6. The summed E-state index contributed by atoms with van der Waals surface area (Å²) >= 11 is 0. The number of aliphatic imine (C=N–C) groups is 1. The third-order valence-electron chi connectivity index (χ3n) is 4.14. The highest BCUT2D eigenvalue weighted by atomic mass is 127. The highest BCUT2D eigenvalue weighted by Gasteiger charge is 2.22. The van der Waals surface area contributed by atoms with Crippen LogP contribution in [0, 0.1) is 11.6 Å². The SMILES string of the molecule is CCNC(=NCC(c1c(F)cccc1F)N(C)C)NCCCn1cccn1.I. The molecule has 6 nitrogen and oxygen atoms in total. The van der Waals surface area contributed by atoms with Crippen molar-refractivity contribution in [3.05, 3.63) is 53.9 Å². The monoisotopic (exact) mass is 506 g/mol. The van der Waals surface area contributed by atoms with Gasteiger partial charge in [-0.15, -0.1) is 24.0 Å². The van der Waals surface area contributed by atoms with Crippen LogP contribution in [0.4, 0.5) is 8.78 Å². The lowest BCUT2D eigenvalue weighted by atomic mass is 10.0. The maximum absolute atomic E-state index is 14.2. The Labute approximate surface area is 182 Å². The molecule has 1 heterocycles. The Kier molecular flexibility index (Phi) is 11.0. The number of hydrogen-bond acceptors (Lipinski definition) is 3. The van der Waals surface area contributed by atoms with Crippen molar-refractivity contribution >= 4 is 29.9 Å². The maximum Gasteiger partial charge on any atom is 0.191 e. The van der Waals surface area contributed by atoms with Gasteiger partial charge in [-0.2, -0.15) is 5.10 Å². The number of benzene rings is 1. The van der Waals surface area contributed by atoms with Gasteiger partial charge in [-0.25, -0.2) is 8.78 Å². The topological polar surface area (TPSA) is 57.5 Å². The van der Waals surface area contributed by atoms with Crippen molar-refractivity contribution in [1.82, 2.24) is 25.3 Å². The van der Waals surface area contributed by atoms with Crippen molar-refractivity contribution in [3.8, 4) is 0 Å². The lowest BCUT2D eigenvalue weighted by Crippen LogP contribution is -2.39. The molecule has 0 saturated heterocycles. The first kappa shape index (κ1) is 24.3. The Hall–Kier alpha value is -1.75. The highest BCUT2D eigenvalue weighted by molar-refractivity contribution is 14.0. The van der Waals surface area contributed by atoms with Gasteiger partial charge in [0.25, 0.3) is 0 Å². The maximum atomic E-state index is 14.2. The first-order valence-corrected chi connectivity index (χ1v) is 9.12. The van der Waals surface area contributed by atoms with E-state index >= 15 is 0 Å². The average molecular weight is 506 g/mol. The van der Waals surface area contributed by atoms with E-state index in [2.05, 4.69) is 20.7 Å². The molecule has 1 aromatic carbocycles. The second-order valence-corrected chi connectivity index (χ2v) is 6.38. The fourth-order valence-electron chi connectivity index (χ4n) is 2.74. The minimum Gasteiger partial charge on any atom is -0.357 e. The molecule has 9 heteroatoms. The first-order chi connectivity index (χ1) is 13.0. The van der Waals surface area contributed by atoms with Crippen molar-refractivity contribution in [1.29, 1.82) is 0 Å². The summed E-state index contributed by atoms with van der Waals surface area (Å²) in [6.07, 6.45) is 4.55. The van der Waals surface area contributed by atoms with Gasteiger partial charge in [-0.1, -0.05) is 6.07 Å². The van der Waals surface area contributed by atoms with Gasteiger partial charge in [-0.3, -0.25) is 9.67 Å². The van der Waals surface area contributed by atoms with Gasteiger partial charge in [0.2, 0.25) is 0 Å². The molecule has 2 aromatic rings. The summed E-state index contributed by atoms with van der Waals surface area (Å²) in [5.41, 5.74) is 0.0424. The van der Waals surface area contributed by atoms with Gasteiger partial charge >= 0.3 is 0 Å². The standard InChI is InChI=1S/C19H28F2N6.HI/c1-4-22-19(23-10-6-12-27-13-7-11-25-27)24-14-17(26(2)3)18-15(20)8-5-9-16(18)21;/h5,7-9,11,13,17H,4,6,10,12,14H2,1-3H3,(H2,22,23,24);1H. The Morgan fingerprint density at radius 3 is 2.50 bits per heavy atom. The van der Waals surface area contributed by atoms with Crippen LogP contribution in [-0.4, -0.2) is 54.4 Å². The zero-order chi connectivity index (χ0) is 19.6. The summed E-state index contributed by atoms with van der Waals surface area (Å²) < 4.78 is 30.2. The largest absolute Gasteiger partial charge is 0.357 e. The van der Waals surface area contributed by atoms with E-state index in [1.54, 1.807) is 25.2 Å². The molecule has 0 fully saturated rings. The number of hydrogen-bond donors (Lipinski definition) is 2. The molecule has 1 atom stereocenters. The van der Waals surface area contributed by atoms with Crippen molar-refractivity contribution in [2.24, 2.45) is 4.99 Å². The molecule has 0 bridgehead atoms. The molecule has 0 aliphatic heterocycles. The molecule has 28 heavy (non-hydrogen) atoms. The predicted molar refractivity (Wildman–Crippen MR) is 119 cm³/mol. The van der Waals surface area contributed by atoms with Gasteiger partial charge in [0.1, 0.15) is 11.6 Å². The van der Waals surface area contributed by atoms with Gasteiger partial charge in [-0.05, 0) is 45.6 Å². The number of nitrogens with one attached hydrogen (secondary N) is 2. The summed E-state index contributed by atoms with van der Waals surface area (Å²) in [5, 5.41) is 10.6. The fraction of sp³-hybridized carbons (Fsp3) is 0.474. The number of aromatic nitrogens is 2. The first-order valence-electron chi connectivity index (χ1n) is 9.12. The summed E-state index contributed by atoms with van der Waals surface area (Å²) in [5.74, 6) is -0.483. The molecule has 0 radical (unpaired) electrons. The van der Waals surface area contributed by atoms with Gasteiger partial charge in [0.15, 0.2) is 5.96 Å². The van der Waals surface area contributed by atoms with Crippen LogP contribution < -0.4 is 10.6 Å². The van der Waals surface area contributed by atoms with Gasteiger partial charge in [0, 0.05) is 37.6 Å². The normalized spacial score (nSPS) is 12.6. The zero-order valence-electron chi connectivity index (χ0n) is 16.5. The van der Waals surface area contributed by atoms with Gasteiger partial charge < -0.3 is 15.5 Å². The zero-order valence-corrected chi connectivity index (χ0v) is 18.9. The molecule has 0 saturated carbocycles. The Morgan fingerprint density at radius 1 is 1.21 bits per heavy atom. The van der Waals surface area contributed by atoms with E-state index in [0.717, 1.165) is 13.0 Å². The van der Waals surface area contributed by atoms with Crippen LogP contribution in [0.15, 0.2) is 41.7 Å². The van der Waals surface area contributed by atoms with Crippen LogP contribution in [0.2, 0.25) is 0 Å². The third-order valence-corrected chi connectivity index (χ3v) is 4.14. The second-order valence-electron chi connectivity index (χ2n) is 6.38. The number of halogens is 3. The molecule has 2 rings (SSSR count). The van der Waals surface area contributed by atoms with Crippen LogP contribution >= 0.6 is 24.0 Å². The Morgan fingerprint density at radius 2 is 1.93 bits per heavy atom. The van der Waals surface area contributed by atoms with E-state index in [-0.39, 0.29) is 36.1 Å². The van der Waals surface area contributed by atoms with E-state index in [4.69, 9.17) is 0 Å². The van der Waals surface area contributed by atoms with Crippen LogP contribution in [0.5, 0.6) is 0 Å². The minimum absolute atomic E-state index is 0. The minimum atomic E-state index is -0.555. The second kappa shape index (κ2) is 12.7. The number of guanidine groups is 1.